The number of methoxy groups -OCH3 is 6. The van der Waals surface area contributed by atoms with E-state index in [2.05, 4.69) is 45.2 Å². The molecule has 0 amide bonds. The highest BCUT2D eigenvalue weighted by molar-refractivity contribution is 6.34. The summed E-state index contributed by atoms with van der Waals surface area (Å²) in [6.07, 6.45) is 7.41. The Balaban J connectivity index is 0.000000133. The van der Waals surface area contributed by atoms with Crippen LogP contribution in [-0.4, -0.2) is 141 Å². The zero-order valence-corrected chi connectivity index (χ0v) is 76.9. The molecule has 4 aromatic heterocycles. The Labute approximate surface area is 796 Å². The molecule has 20 rings (SSSR count). The molecular formula is C106H98Cl2N12O16. The molecule has 0 radical (unpaired) electrons. The van der Waals surface area contributed by atoms with E-state index in [9.17, 15) is 29.4 Å². The monoisotopic (exact) mass is 1860 g/mol. The molecule has 3 N–H and O–H groups in total. The first kappa shape index (κ1) is 94.9. The van der Waals surface area contributed by atoms with Crippen LogP contribution in [0.1, 0.15) is 66.8 Å². The molecule has 0 bridgehead atoms. The van der Waals surface area contributed by atoms with E-state index >= 15 is 0 Å². The second-order valence-corrected chi connectivity index (χ2v) is 32.1. The predicted molar refractivity (Wildman–Crippen MR) is 520 cm³/mol. The SMILES string of the molecule is COC(=O)[C@@H]1Cc2c(ccc(OC)c2OCc2ccccc2)CN1.COC(=O)[C@@H]1Cc2c(ccc(OC)c2OCc2ccccc2)CN1c1ncnc2ccccc12.COc1ccc2c(c1OCc1ccccc1)C[C@@H](C(=O)O)N(c1ncnc3ccccc13)C2.COc1ccc2c(c1OCc1ccccc1)C[C@@H](C(=O)O)N(c1ncnc3ccccc13)C2.Cl.Clc1ncnc2ccccc12. The van der Waals surface area contributed by atoms with Crippen molar-refractivity contribution >= 4 is 109 Å². The fraction of sp³-hybridized carbons (Fsp3) is 0.208. The molecule has 0 spiro atoms. The summed E-state index contributed by atoms with van der Waals surface area (Å²) in [7, 11) is 9.24. The molecule has 8 heterocycles. The number of rotatable bonds is 23. The van der Waals surface area contributed by atoms with Crippen molar-refractivity contribution in [3.05, 3.63) is 364 Å². The second kappa shape index (κ2) is 45.1. The highest BCUT2D eigenvalue weighted by Crippen LogP contribution is 2.46. The number of benzene rings is 12. The first-order chi connectivity index (χ1) is 66.1. The van der Waals surface area contributed by atoms with Gasteiger partial charge in [-0.2, -0.15) is 0 Å². The van der Waals surface area contributed by atoms with Gasteiger partial charge in [0.1, 0.15) is 98.5 Å². The summed E-state index contributed by atoms with van der Waals surface area (Å²) in [5.74, 6) is 4.55. The van der Waals surface area contributed by atoms with Crippen LogP contribution < -0.4 is 57.9 Å². The van der Waals surface area contributed by atoms with Crippen molar-refractivity contribution in [2.24, 2.45) is 0 Å². The first-order valence-corrected chi connectivity index (χ1v) is 44.0. The Morgan fingerprint density at radius 2 is 0.610 bits per heavy atom. The Bertz CT molecular complexity index is 6660. The van der Waals surface area contributed by atoms with Crippen LogP contribution in [-0.2, 0) is 107 Å². The summed E-state index contributed by atoms with van der Waals surface area (Å²) in [5, 5.41) is 27.4. The minimum atomic E-state index is -0.917. The molecule has 4 atom stereocenters. The molecule has 0 aliphatic carbocycles. The third-order valence-corrected chi connectivity index (χ3v) is 24.1. The van der Waals surface area contributed by atoms with Crippen LogP contribution in [0.4, 0.5) is 17.5 Å². The summed E-state index contributed by atoms with van der Waals surface area (Å²) < 4.78 is 57.0. The molecule has 12 aromatic carbocycles. The van der Waals surface area contributed by atoms with Gasteiger partial charge in [-0.3, -0.25) is 4.79 Å². The van der Waals surface area contributed by atoms with E-state index in [-0.39, 0.29) is 43.2 Å². The van der Waals surface area contributed by atoms with Gasteiger partial charge in [0.05, 0.1) is 64.7 Å². The maximum absolute atomic E-state index is 13.0. The number of nitrogens with one attached hydrogen (secondary N) is 1. The van der Waals surface area contributed by atoms with Gasteiger partial charge >= 0.3 is 23.9 Å². The average Bonchev–Trinajstić information content (AvgIpc) is 0.762. The van der Waals surface area contributed by atoms with Gasteiger partial charge in [-0.05, 0) is 117 Å². The van der Waals surface area contributed by atoms with E-state index in [0.717, 1.165) is 110 Å². The van der Waals surface area contributed by atoms with Crippen molar-refractivity contribution in [1.82, 2.24) is 45.2 Å². The lowest BCUT2D eigenvalue weighted by molar-refractivity contribution is -0.143. The van der Waals surface area contributed by atoms with Gasteiger partial charge in [-0.15, -0.1) is 12.4 Å². The number of nitrogens with zero attached hydrogens (tertiary/aromatic N) is 11. The molecule has 30 heteroatoms. The van der Waals surface area contributed by atoms with E-state index < -0.39 is 30.1 Å². The van der Waals surface area contributed by atoms with E-state index in [1.807, 2.05) is 282 Å². The number of hydrogen-bond acceptors (Lipinski definition) is 26. The van der Waals surface area contributed by atoms with Crippen molar-refractivity contribution in [1.29, 1.82) is 0 Å². The third kappa shape index (κ3) is 21.8. The normalized spacial score (nSPS) is 14.8. The van der Waals surface area contributed by atoms with Crippen LogP contribution in [0.25, 0.3) is 43.6 Å². The molecule has 28 nitrogen and oxygen atoms in total. The molecule has 0 saturated carbocycles. The fourth-order valence-electron chi connectivity index (χ4n) is 17.0. The van der Waals surface area contributed by atoms with Crippen LogP contribution in [0.3, 0.4) is 0 Å². The number of fused-ring (bicyclic) bond motifs is 8. The topological polar surface area (TPSA) is 326 Å². The summed E-state index contributed by atoms with van der Waals surface area (Å²) in [5.41, 5.74) is 15.2. The summed E-state index contributed by atoms with van der Waals surface area (Å²) in [4.78, 5) is 89.6. The zero-order valence-electron chi connectivity index (χ0n) is 75.3. The summed E-state index contributed by atoms with van der Waals surface area (Å²) in [6.45, 7) is 3.43. The Hall–Kier alpha value is -15.8. The largest absolute Gasteiger partial charge is 0.493 e. The summed E-state index contributed by atoms with van der Waals surface area (Å²) >= 11 is 5.81. The number of hydrogen-bond donors (Lipinski definition) is 3. The van der Waals surface area contributed by atoms with Crippen molar-refractivity contribution in [2.75, 3.05) is 57.4 Å². The van der Waals surface area contributed by atoms with Gasteiger partial charge in [-0.25, -0.2) is 54.3 Å². The van der Waals surface area contributed by atoms with Gasteiger partial charge in [0.2, 0.25) is 0 Å². The number of para-hydroxylation sites is 4. The maximum atomic E-state index is 13.0. The number of esters is 2. The van der Waals surface area contributed by atoms with Gasteiger partial charge in [-0.1, -0.05) is 206 Å². The van der Waals surface area contributed by atoms with Crippen LogP contribution in [0.5, 0.6) is 46.0 Å². The molecule has 136 heavy (non-hydrogen) atoms. The number of anilines is 3. The van der Waals surface area contributed by atoms with Gasteiger partial charge in [0.25, 0.3) is 0 Å². The van der Waals surface area contributed by atoms with E-state index in [0.29, 0.717) is 134 Å². The lowest BCUT2D eigenvalue weighted by Gasteiger charge is -2.37. The molecular weight excluding hydrogens is 1770 g/mol. The summed E-state index contributed by atoms with van der Waals surface area (Å²) in [6, 6.07) is 83.3. The zero-order chi connectivity index (χ0) is 93.7. The molecule has 0 fully saturated rings. The Morgan fingerprint density at radius 3 is 0.926 bits per heavy atom. The number of carbonyl (C=O) groups excluding carboxylic acids is 2. The fourth-order valence-corrected chi connectivity index (χ4v) is 17.2. The quantitative estimate of drug-likeness (QED) is 0.0396. The van der Waals surface area contributed by atoms with Gasteiger partial charge in [0, 0.05) is 95.7 Å². The van der Waals surface area contributed by atoms with Crippen molar-refractivity contribution in [2.45, 2.75) is 102 Å². The van der Waals surface area contributed by atoms with E-state index in [1.54, 1.807) is 28.4 Å². The molecule has 0 unspecified atom stereocenters. The molecule has 16 aromatic rings. The predicted octanol–water partition coefficient (Wildman–Crippen LogP) is 18.0. The van der Waals surface area contributed by atoms with E-state index in [1.165, 1.54) is 39.5 Å². The molecule has 692 valence electrons. The number of aromatic nitrogens is 8. The molecule has 4 aliphatic heterocycles. The first-order valence-electron chi connectivity index (χ1n) is 43.6. The highest BCUT2D eigenvalue weighted by atomic mass is 35.5. The third-order valence-electron chi connectivity index (χ3n) is 23.8. The van der Waals surface area contributed by atoms with Crippen molar-refractivity contribution < 1.29 is 76.8 Å². The number of carboxylic acid groups (broad SMARTS) is 2. The number of halogens is 2. The van der Waals surface area contributed by atoms with Gasteiger partial charge in [0.15, 0.2) is 46.0 Å². The number of ether oxygens (including phenoxy) is 10. The number of carboxylic acids is 2. The smallest absolute Gasteiger partial charge is 0.328 e. The molecule has 4 aliphatic rings. The van der Waals surface area contributed by atoms with Crippen LogP contribution in [0, 0.1) is 0 Å². The van der Waals surface area contributed by atoms with Crippen molar-refractivity contribution in [3.63, 3.8) is 0 Å². The Morgan fingerprint density at radius 1 is 0.331 bits per heavy atom. The Kier molecular flexibility index (Phi) is 31.5. The number of aliphatic carboxylic acids is 2. The number of carbonyl (C=O) groups is 4. The standard InChI is InChI=1S/C27H25N3O4.2C26H23N3O4.C19H21NO4.C8H5ClN2.ClH/c1-32-24-13-12-19-15-30(26-20-10-6-7-11-22(20)28-17-29-26)23(27(31)33-2)14-21(19)25(24)34-16-18-8-4-3-5-9-18;2*1-32-23-12-11-18-14-29(25-19-9-5-6-10-21(19)27-16-28-25)22(26(30)31)13-20(18)24(23)33-15-17-7-3-2-4-8-17;1-22-17-9-8-14-11-20-16(19(21)23-2)10-15(14)18(17)24-12-13-6-4-3-5-7-13;9-8-6-3-1-2-4-7(6)10-5-11-8;/h3-13,17,23H,14-16H2,1-2H3;2*2-12,16,22H,13-15H2,1H3,(H,30,31);3-9,16,20H,10-12H2,1-2H3;1-5H;1H/t23-;2*22-;16-;;/m0000../s1. The lowest BCUT2D eigenvalue weighted by Crippen LogP contribution is -2.47. The van der Waals surface area contributed by atoms with Crippen LogP contribution in [0.15, 0.2) is 292 Å². The van der Waals surface area contributed by atoms with Crippen LogP contribution in [0.2, 0.25) is 5.15 Å². The minimum Gasteiger partial charge on any atom is -0.493 e. The van der Waals surface area contributed by atoms with Crippen LogP contribution >= 0.6 is 24.0 Å². The van der Waals surface area contributed by atoms with E-state index in [4.69, 9.17) is 59.0 Å². The minimum absolute atomic E-state index is 0. The molecule has 0 saturated heterocycles. The maximum Gasteiger partial charge on any atom is 0.328 e. The average molecular weight is 1870 g/mol. The highest BCUT2D eigenvalue weighted by Gasteiger charge is 2.40. The second-order valence-electron chi connectivity index (χ2n) is 31.8. The van der Waals surface area contributed by atoms with Crippen molar-refractivity contribution in [3.8, 4) is 46.0 Å². The van der Waals surface area contributed by atoms with Gasteiger partial charge < -0.3 is 77.6 Å². The lowest BCUT2D eigenvalue weighted by atomic mass is 9.92.